The monoisotopic (exact) mass is 506 g/mol. The van der Waals surface area contributed by atoms with Gasteiger partial charge in [-0.05, 0) is 93.0 Å². The Morgan fingerprint density at radius 2 is 1.33 bits per heavy atom. The van der Waals surface area contributed by atoms with Crippen LogP contribution < -0.4 is 4.74 Å². The van der Waals surface area contributed by atoms with Crippen LogP contribution in [0.3, 0.4) is 0 Å². The Bertz CT molecular complexity index is 1250. The SMILES string of the molecule is CCOc1ccc(-c2ccc(C3CCC(CCc4ccc(C)c(F)c4F)CC3)c(F)c2F)c(F)c1F. The highest BCUT2D eigenvalue weighted by Gasteiger charge is 2.28. The second-order valence-electron chi connectivity index (χ2n) is 9.43. The summed E-state index contributed by atoms with van der Waals surface area (Å²) in [6.45, 7) is 3.28. The third kappa shape index (κ3) is 5.11. The van der Waals surface area contributed by atoms with Gasteiger partial charge >= 0.3 is 0 Å². The van der Waals surface area contributed by atoms with Gasteiger partial charge in [-0.25, -0.2) is 22.0 Å². The summed E-state index contributed by atoms with van der Waals surface area (Å²) < 4.78 is 91.8. The molecule has 3 aromatic carbocycles. The van der Waals surface area contributed by atoms with Gasteiger partial charge in [0, 0.05) is 11.1 Å². The van der Waals surface area contributed by atoms with E-state index < -0.39 is 34.9 Å². The van der Waals surface area contributed by atoms with E-state index >= 15 is 4.39 Å². The van der Waals surface area contributed by atoms with Crippen molar-refractivity contribution >= 4 is 0 Å². The average Bonchev–Trinajstić information content (AvgIpc) is 2.88. The maximum atomic E-state index is 15.1. The topological polar surface area (TPSA) is 9.23 Å². The van der Waals surface area contributed by atoms with Crippen LogP contribution in [0.2, 0.25) is 0 Å². The van der Waals surface area contributed by atoms with E-state index in [4.69, 9.17) is 4.74 Å². The summed E-state index contributed by atoms with van der Waals surface area (Å²) in [5.74, 6) is -6.64. The number of hydrogen-bond donors (Lipinski definition) is 0. The van der Waals surface area contributed by atoms with E-state index in [1.807, 2.05) is 0 Å². The summed E-state index contributed by atoms with van der Waals surface area (Å²) in [6, 6.07) is 8.27. The molecule has 0 heterocycles. The molecular formula is C29H28F6O. The molecule has 3 aromatic rings. The molecule has 1 aliphatic carbocycles. The zero-order valence-electron chi connectivity index (χ0n) is 20.2. The first-order valence-electron chi connectivity index (χ1n) is 12.2. The molecule has 1 aliphatic rings. The lowest BCUT2D eigenvalue weighted by molar-refractivity contribution is 0.303. The number of aryl methyl sites for hydroxylation is 2. The van der Waals surface area contributed by atoms with Crippen molar-refractivity contribution in [3.05, 3.63) is 88.0 Å². The van der Waals surface area contributed by atoms with E-state index in [2.05, 4.69) is 0 Å². The second kappa shape index (κ2) is 11.0. The Kier molecular flexibility index (Phi) is 7.96. The normalized spacial score (nSPS) is 17.9. The molecule has 0 amide bonds. The van der Waals surface area contributed by atoms with Crippen LogP contribution in [0, 0.1) is 47.7 Å². The van der Waals surface area contributed by atoms with Crippen molar-refractivity contribution in [3.8, 4) is 16.9 Å². The summed E-state index contributed by atoms with van der Waals surface area (Å²) in [5.41, 5.74) is 0.113. The minimum Gasteiger partial charge on any atom is -0.491 e. The smallest absolute Gasteiger partial charge is 0.201 e. The van der Waals surface area contributed by atoms with Crippen LogP contribution in [0.5, 0.6) is 5.75 Å². The van der Waals surface area contributed by atoms with Crippen LogP contribution in [-0.2, 0) is 6.42 Å². The summed E-state index contributed by atoms with van der Waals surface area (Å²) in [4.78, 5) is 0. The molecule has 0 unspecified atom stereocenters. The van der Waals surface area contributed by atoms with Crippen molar-refractivity contribution in [1.82, 2.24) is 0 Å². The van der Waals surface area contributed by atoms with Crippen molar-refractivity contribution in [1.29, 1.82) is 0 Å². The van der Waals surface area contributed by atoms with Crippen LogP contribution in [-0.4, -0.2) is 6.61 Å². The van der Waals surface area contributed by atoms with Gasteiger partial charge in [0.25, 0.3) is 0 Å². The molecule has 0 atom stereocenters. The van der Waals surface area contributed by atoms with Crippen LogP contribution in [0.1, 0.15) is 61.6 Å². The fourth-order valence-electron chi connectivity index (χ4n) is 5.10. The quantitative estimate of drug-likeness (QED) is 0.291. The molecule has 36 heavy (non-hydrogen) atoms. The molecule has 7 heteroatoms. The van der Waals surface area contributed by atoms with E-state index in [-0.39, 0.29) is 46.4 Å². The molecule has 1 fully saturated rings. The number of ether oxygens (including phenoxy) is 1. The Morgan fingerprint density at radius 3 is 2.00 bits per heavy atom. The van der Waals surface area contributed by atoms with Crippen LogP contribution in [0.15, 0.2) is 36.4 Å². The van der Waals surface area contributed by atoms with E-state index in [0.29, 0.717) is 31.2 Å². The highest BCUT2D eigenvalue weighted by molar-refractivity contribution is 5.66. The molecular weight excluding hydrogens is 478 g/mol. The zero-order valence-corrected chi connectivity index (χ0v) is 20.2. The number of hydrogen-bond acceptors (Lipinski definition) is 1. The van der Waals surface area contributed by atoms with Gasteiger partial charge in [0.1, 0.15) is 0 Å². The lowest BCUT2D eigenvalue weighted by atomic mass is 9.76. The summed E-state index contributed by atoms with van der Waals surface area (Å²) >= 11 is 0. The van der Waals surface area contributed by atoms with E-state index in [1.54, 1.807) is 19.1 Å². The van der Waals surface area contributed by atoms with Crippen molar-refractivity contribution in [2.45, 2.75) is 58.3 Å². The highest BCUT2D eigenvalue weighted by Crippen LogP contribution is 2.41. The van der Waals surface area contributed by atoms with E-state index in [9.17, 15) is 22.0 Å². The lowest BCUT2D eigenvalue weighted by Crippen LogP contribution is -2.16. The molecule has 0 N–H and O–H groups in total. The highest BCUT2D eigenvalue weighted by atomic mass is 19.2. The van der Waals surface area contributed by atoms with Gasteiger partial charge in [-0.1, -0.05) is 24.3 Å². The fourth-order valence-corrected chi connectivity index (χ4v) is 5.10. The predicted molar refractivity (Wildman–Crippen MR) is 127 cm³/mol. The third-order valence-corrected chi connectivity index (χ3v) is 7.21. The first kappa shape index (κ1) is 26.1. The Morgan fingerprint density at radius 1 is 0.694 bits per heavy atom. The predicted octanol–water partition coefficient (Wildman–Crippen LogP) is 8.80. The average molecular weight is 507 g/mol. The molecule has 0 aliphatic heterocycles. The van der Waals surface area contributed by atoms with Crippen LogP contribution in [0.4, 0.5) is 26.3 Å². The number of rotatable bonds is 7. The van der Waals surface area contributed by atoms with Crippen molar-refractivity contribution in [2.24, 2.45) is 5.92 Å². The minimum atomic E-state index is -1.29. The van der Waals surface area contributed by atoms with Gasteiger partial charge in [0.2, 0.25) is 5.82 Å². The summed E-state index contributed by atoms with van der Waals surface area (Å²) in [5, 5.41) is 0. The lowest BCUT2D eigenvalue weighted by Gasteiger charge is -2.29. The fraction of sp³-hybridized carbons (Fsp3) is 0.379. The zero-order chi connectivity index (χ0) is 26.0. The molecule has 0 spiro atoms. The minimum absolute atomic E-state index is 0.136. The number of halogens is 6. The number of benzene rings is 3. The van der Waals surface area contributed by atoms with Gasteiger partial charge in [0.05, 0.1) is 6.61 Å². The Hall–Kier alpha value is -2.96. The van der Waals surface area contributed by atoms with Gasteiger partial charge < -0.3 is 4.74 Å². The Labute approximate surface area is 207 Å². The van der Waals surface area contributed by atoms with Crippen molar-refractivity contribution in [2.75, 3.05) is 6.61 Å². The molecule has 0 aromatic heterocycles. The molecule has 0 bridgehead atoms. The maximum absolute atomic E-state index is 15.1. The third-order valence-electron chi connectivity index (χ3n) is 7.21. The summed E-state index contributed by atoms with van der Waals surface area (Å²) in [7, 11) is 0. The molecule has 1 nitrogen and oxygen atoms in total. The Balaban J connectivity index is 1.44. The van der Waals surface area contributed by atoms with Gasteiger partial charge in [-0.2, -0.15) is 4.39 Å². The largest absolute Gasteiger partial charge is 0.491 e. The molecule has 0 saturated heterocycles. The van der Waals surface area contributed by atoms with Crippen molar-refractivity contribution < 1.29 is 31.1 Å². The maximum Gasteiger partial charge on any atom is 0.201 e. The second-order valence-corrected chi connectivity index (χ2v) is 9.43. The first-order chi connectivity index (χ1) is 17.2. The standard InChI is InChI=1S/C29H28F6O/c1-3-36-23-15-14-22(28(34)29(23)35)21-13-12-20(26(32)27(21)33)18-9-5-17(6-10-18)7-11-19-8-4-16(2)24(30)25(19)31/h4,8,12-15,17-18H,3,5-7,9-11H2,1-2H3. The van der Waals surface area contributed by atoms with Gasteiger partial charge in [-0.15, -0.1) is 0 Å². The van der Waals surface area contributed by atoms with Gasteiger partial charge in [0.15, 0.2) is 34.8 Å². The molecule has 192 valence electrons. The van der Waals surface area contributed by atoms with E-state index in [1.165, 1.54) is 31.2 Å². The van der Waals surface area contributed by atoms with Crippen molar-refractivity contribution in [3.63, 3.8) is 0 Å². The molecule has 1 saturated carbocycles. The van der Waals surface area contributed by atoms with E-state index in [0.717, 1.165) is 12.8 Å². The van der Waals surface area contributed by atoms with Gasteiger partial charge in [-0.3, -0.25) is 0 Å². The summed E-state index contributed by atoms with van der Waals surface area (Å²) in [6.07, 6.45) is 3.85. The molecule has 4 rings (SSSR count). The van der Waals surface area contributed by atoms with Crippen LogP contribution in [0.25, 0.3) is 11.1 Å². The first-order valence-corrected chi connectivity index (χ1v) is 12.2. The molecule has 0 radical (unpaired) electrons. The van der Waals surface area contributed by atoms with Crippen LogP contribution >= 0.6 is 0 Å².